The van der Waals surface area contributed by atoms with Crippen molar-refractivity contribution in [1.29, 1.82) is 0 Å². The molecule has 2 saturated heterocycles. The average Bonchev–Trinajstić information content (AvgIpc) is 3.21. The molecule has 3 aromatic rings. The first kappa shape index (κ1) is 21.5. The molecule has 3 N–H and O–H groups in total. The minimum absolute atomic E-state index is 0.00626. The van der Waals surface area contributed by atoms with Crippen molar-refractivity contribution in [3.63, 3.8) is 0 Å². The zero-order valence-electron chi connectivity index (χ0n) is 19.0. The van der Waals surface area contributed by atoms with Gasteiger partial charge in [0.15, 0.2) is 0 Å². The highest BCUT2D eigenvalue weighted by molar-refractivity contribution is 5.94. The highest BCUT2D eigenvalue weighted by Crippen LogP contribution is 2.32. The minimum Gasteiger partial charge on any atom is -0.495 e. The van der Waals surface area contributed by atoms with Crippen LogP contribution < -0.4 is 20.3 Å². The van der Waals surface area contributed by atoms with E-state index in [9.17, 15) is 4.79 Å². The van der Waals surface area contributed by atoms with Crippen molar-refractivity contribution in [1.82, 2.24) is 25.2 Å². The lowest BCUT2D eigenvalue weighted by Crippen LogP contribution is -2.48. The van der Waals surface area contributed by atoms with E-state index in [0.29, 0.717) is 19.0 Å². The van der Waals surface area contributed by atoms with Crippen molar-refractivity contribution < 1.29 is 14.3 Å². The van der Waals surface area contributed by atoms with E-state index < -0.39 is 0 Å². The Bertz CT molecular complexity index is 1160. The smallest absolute Gasteiger partial charge is 0.239 e. The number of piperazine rings is 1. The van der Waals surface area contributed by atoms with Gasteiger partial charge in [0.25, 0.3) is 0 Å². The number of nitrogens with zero attached hydrogens (tertiary/aromatic N) is 4. The second kappa shape index (κ2) is 9.24. The first-order valence-electron chi connectivity index (χ1n) is 11.2. The Morgan fingerprint density at radius 3 is 2.85 bits per heavy atom. The number of ether oxygens (including phenoxy) is 2. The number of carbonyl (C=O) groups excluding carboxylic acids is 1. The fourth-order valence-electron chi connectivity index (χ4n) is 4.34. The van der Waals surface area contributed by atoms with Crippen molar-refractivity contribution in [3.8, 4) is 5.75 Å². The molecule has 0 aliphatic carbocycles. The molecule has 1 aromatic carbocycles. The number of rotatable bonds is 6. The number of aryl methyl sites for hydroxylation is 1. The van der Waals surface area contributed by atoms with E-state index in [0.717, 1.165) is 66.7 Å². The third-order valence-corrected chi connectivity index (χ3v) is 6.07. The van der Waals surface area contributed by atoms with Crippen LogP contribution in [0.2, 0.25) is 0 Å². The third kappa shape index (κ3) is 4.57. The SMILES string of the molecule is COc1cc(CN2CCOCC2)ccc1Nc1nc(N2CCNC(=O)C2)c2c(C)c[nH]c2n1. The summed E-state index contributed by atoms with van der Waals surface area (Å²) >= 11 is 0. The summed E-state index contributed by atoms with van der Waals surface area (Å²) in [4.78, 5) is 29.1. The highest BCUT2D eigenvalue weighted by Gasteiger charge is 2.23. The van der Waals surface area contributed by atoms with E-state index in [-0.39, 0.29) is 12.5 Å². The standard InChI is InChI=1S/C23H29N7O3/c1-15-12-25-21-20(15)22(30-6-5-24-19(31)14-30)28-23(27-21)26-17-4-3-16(11-18(17)32-2)13-29-7-9-33-10-8-29/h3-4,11-12H,5-10,13-14H2,1-2H3,(H,24,31)(H2,25,26,27,28). The van der Waals surface area contributed by atoms with Gasteiger partial charge in [-0.2, -0.15) is 9.97 Å². The first-order chi connectivity index (χ1) is 16.1. The molecule has 2 fully saturated rings. The van der Waals surface area contributed by atoms with Crippen LogP contribution in [0.25, 0.3) is 11.0 Å². The summed E-state index contributed by atoms with van der Waals surface area (Å²) in [5, 5.41) is 7.12. The molecule has 0 radical (unpaired) electrons. The number of aromatic amines is 1. The molecule has 2 aromatic heterocycles. The zero-order chi connectivity index (χ0) is 22.8. The number of morpholine rings is 1. The molecule has 0 atom stereocenters. The maximum atomic E-state index is 12.0. The van der Waals surface area contributed by atoms with Gasteiger partial charge in [-0.25, -0.2) is 0 Å². The van der Waals surface area contributed by atoms with Crippen LogP contribution >= 0.6 is 0 Å². The number of hydrogen-bond acceptors (Lipinski definition) is 8. The Kier molecular flexibility index (Phi) is 6.01. The Balaban J connectivity index is 1.43. The van der Waals surface area contributed by atoms with E-state index in [1.807, 2.05) is 30.2 Å². The molecule has 10 heteroatoms. The quantitative estimate of drug-likeness (QED) is 0.521. The van der Waals surface area contributed by atoms with Gasteiger partial charge in [0, 0.05) is 38.9 Å². The number of aromatic nitrogens is 3. The first-order valence-corrected chi connectivity index (χ1v) is 11.2. The summed E-state index contributed by atoms with van der Waals surface area (Å²) in [6.45, 7) is 7.84. The van der Waals surface area contributed by atoms with Crippen LogP contribution in [0.1, 0.15) is 11.1 Å². The minimum atomic E-state index is -0.00626. The van der Waals surface area contributed by atoms with Crippen molar-refractivity contribution >= 4 is 34.4 Å². The van der Waals surface area contributed by atoms with Gasteiger partial charge in [-0.15, -0.1) is 0 Å². The molecule has 33 heavy (non-hydrogen) atoms. The molecule has 0 spiro atoms. The van der Waals surface area contributed by atoms with Crippen LogP contribution in [0, 0.1) is 6.92 Å². The van der Waals surface area contributed by atoms with E-state index in [1.54, 1.807) is 7.11 Å². The van der Waals surface area contributed by atoms with Crippen molar-refractivity contribution in [2.45, 2.75) is 13.5 Å². The van der Waals surface area contributed by atoms with Gasteiger partial charge >= 0.3 is 0 Å². The number of carbonyl (C=O) groups is 1. The number of fused-ring (bicyclic) bond motifs is 1. The fraction of sp³-hybridized carbons (Fsp3) is 0.435. The number of anilines is 3. The van der Waals surface area contributed by atoms with Gasteiger partial charge in [0.1, 0.15) is 17.2 Å². The lowest BCUT2D eigenvalue weighted by atomic mass is 10.1. The maximum Gasteiger partial charge on any atom is 0.239 e. The molecule has 174 valence electrons. The van der Waals surface area contributed by atoms with Crippen molar-refractivity contribution in [2.75, 3.05) is 63.3 Å². The van der Waals surface area contributed by atoms with E-state index in [2.05, 4.69) is 31.6 Å². The molecule has 1 amide bonds. The van der Waals surface area contributed by atoms with Crippen LogP contribution in [-0.2, 0) is 16.1 Å². The van der Waals surface area contributed by atoms with Gasteiger partial charge in [0.05, 0.1) is 37.9 Å². The molecule has 2 aliphatic heterocycles. The Morgan fingerprint density at radius 2 is 2.06 bits per heavy atom. The van der Waals surface area contributed by atoms with Crippen LogP contribution in [0.15, 0.2) is 24.4 Å². The van der Waals surface area contributed by atoms with Crippen LogP contribution in [0.3, 0.4) is 0 Å². The zero-order valence-corrected chi connectivity index (χ0v) is 19.0. The predicted molar refractivity (Wildman–Crippen MR) is 126 cm³/mol. The summed E-state index contributed by atoms with van der Waals surface area (Å²) in [6.07, 6.45) is 1.91. The molecule has 0 bridgehead atoms. The molecule has 5 rings (SSSR count). The fourth-order valence-corrected chi connectivity index (χ4v) is 4.34. The van der Waals surface area contributed by atoms with E-state index in [1.165, 1.54) is 5.56 Å². The molecular formula is C23H29N7O3. The number of benzene rings is 1. The maximum absolute atomic E-state index is 12.0. The largest absolute Gasteiger partial charge is 0.495 e. The predicted octanol–water partition coefficient (Wildman–Crippen LogP) is 1.79. The number of amides is 1. The van der Waals surface area contributed by atoms with Gasteiger partial charge in [-0.05, 0) is 30.2 Å². The average molecular weight is 452 g/mol. The van der Waals surface area contributed by atoms with Gasteiger partial charge in [0.2, 0.25) is 11.9 Å². The lowest BCUT2D eigenvalue weighted by Gasteiger charge is -2.28. The molecule has 0 saturated carbocycles. The summed E-state index contributed by atoms with van der Waals surface area (Å²) in [5.41, 5.74) is 3.74. The number of H-pyrrole nitrogens is 1. The molecule has 4 heterocycles. The molecule has 10 nitrogen and oxygen atoms in total. The number of methoxy groups -OCH3 is 1. The molecule has 2 aliphatic rings. The van der Waals surface area contributed by atoms with Gasteiger partial charge < -0.3 is 30.0 Å². The van der Waals surface area contributed by atoms with E-state index >= 15 is 0 Å². The van der Waals surface area contributed by atoms with E-state index in [4.69, 9.17) is 14.5 Å². The summed E-state index contributed by atoms with van der Waals surface area (Å²) in [7, 11) is 1.66. The van der Waals surface area contributed by atoms with Gasteiger partial charge in [-0.3, -0.25) is 9.69 Å². The molecule has 0 unspecified atom stereocenters. The summed E-state index contributed by atoms with van der Waals surface area (Å²) < 4.78 is 11.1. The summed E-state index contributed by atoms with van der Waals surface area (Å²) in [5.74, 6) is 1.92. The highest BCUT2D eigenvalue weighted by atomic mass is 16.5. The van der Waals surface area contributed by atoms with Crippen molar-refractivity contribution in [3.05, 3.63) is 35.5 Å². The monoisotopic (exact) mass is 451 g/mol. The van der Waals surface area contributed by atoms with Crippen LogP contribution in [-0.4, -0.2) is 78.8 Å². The van der Waals surface area contributed by atoms with Crippen LogP contribution in [0.5, 0.6) is 5.75 Å². The number of nitrogens with one attached hydrogen (secondary N) is 3. The second-order valence-electron chi connectivity index (χ2n) is 8.39. The normalized spacial score (nSPS) is 17.3. The summed E-state index contributed by atoms with van der Waals surface area (Å²) in [6, 6.07) is 6.13. The number of hydrogen-bond donors (Lipinski definition) is 3. The Morgan fingerprint density at radius 1 is 1.21 bits per heavy atom. The Labute approximate surface area is 192 Å². The third-order valence-electron chi connectivity index (χ3n) is 6.07. The topological polar surface area (TPSA) is 108 Å². The van der Waals surface area contributed by atoms with Gasteiger partial charge in [-0.1, -0.05) is 6.07 Å². The molecular weight excluding hydrogens is 422 g/mol. The lowest BCUT2D eigenvalue weighted by molar-refractivity contribution is -0.120. The Hall–Kier alpha value is -3.37. The second-order valence-corrected chi connectivity index (χ2v) is 8.39. The van der Waals surface area contributed by atoms with Crippen LogP contribution in [0.4, 0.5) is 17.5 Å². The van der Waals surface area contributed by atoms with Crippen molar-refractivity contribution in [2.24, 2.45) is 0 Å².